The highest BCUT2D eigenvalue weighted by Crippen LogP contribution is 2.42. The molecule has 0 bridgehead atoms. The monoisotopic (exact) mass is 462 g/mol. The van der Waals surface area contributed by atoms with Crippen molar-refractivity contribution in [3.8, 4) is 11.4 Å². The topological polar surface area (TPSA) is 69.4 Å². The lowest BCUT2D eigenvalue weighted by molar-refractivity contribution is 0.0522. The fourth-order valence-corrected chi connectivity index (χ4v) is 5.49. The highest BCUT2D eigenvalue weighted by Gasteiger charge is 2.35. The Morgan fingerprint density at radius 3 is 2.65 bits per heavy atom. The van der Waals surface area contributed by atoms with Crippen LogP contribution in [0.1, 0.15) is 56.1 Å². The number of aryl methyl sites for hydroxylation is 1. The van der Waals surface area contributed by atoms with E-state index >= 15 is 0 Å². The predicted octanol–water partition coefficient (Wildman–Crippen LogP) is 4.14. The molecule has 0 N–H and O–H groups in total. The van der Waals surface area contributed by atoms with Crippen LogP contribution in [-0.2, 0) is 17.7 Å². The summed E-state index contributed by atoms with van der Waals surface area (Å²) in [6.07, 6.45) is 3.86. The summed E-state index contributed by atoms with van der Waals surface area (Å²) in [7, 11) is 2.17. The lowest BCUT2D eigenvalue weighted by Gasteiger charge is -2.38. The molecule has 2 aromatic heterocycles. The number of ether oxygens (including phenoxy) is 1. The van der Waals surface area contributed by atoms with E-state index in [1.165, 1.54) is 18.7 Å². The second-order valence-corrected chi connectivity index (χ2v) is 10.9. The van der Waals surface area contributed by atoms with Crippen molar-refractivity contribution >= 4 is 16.9 Å². The maximum absolute atomic E-state index is 13.0. The number of aromatic nitrogens is 3. The summed E-state index contributed by atoms with van der Waals surface area (Å²) in [5.74, 6) is 0.187. The van der Waals surface area contributed by atoms with Crippen molar-refractivity contribution in [3.63, 3.8) is 0 Å². The van der Waals surface area contributed by atoms with Crippen LogP contribution in [0.15, 0.2) is 35.3 Å². The van der Waals surface area contributed by atoms with Gasteiger partial charge in [-0.25, -0.2) is 4.79 Å². The Balaban J connectivity index is 1.63. The van der Waals surface area contributed by atoms with Crippen LogP contribution < -0.4 is 5.43 Å². The molecule has 2 aliphatic heterocycles. The Morgan fingerprint density at radius 2 is 1.97 bits per heavy atom. The second-order valence-electron chi connectivity index (χ2n) is 10.9. The molecular formula is C27H34N4O3. The van der Waals surface area contributed by atoms with E-state index in [0.717, 1.165) is 41.1 Å². The maximum atomic E-state index is 13.0. The molecule has 4 heterocycles. The van der Waals surface area contributed by atoms with Gasteiger partial charge < -0.3 is 14.2 Å². The molecule has 5 rings (SSSR count). The Morgan fingerprint density at radius 1 is 1.21 bits per heavy atom. The molecule has 180 valence electrons. The van der Waals surface area contributed by atoms with Gasteiger partial charge in [-0.3, -0.25) is 9.48 Å². The van der Waals surface area contributed by atoms with Gasteiger partial charge in [-0.1, -0.05) is 39.0 Å². The summed E-state index contributed by atoms with van der Waals surface area (Å²) in [6.45, 7) is 11.5. The molecule has 1 unspecified atom stereocenters. The van der Waals surface area contributed by atoms with Crippen LogP contribution in [0.5, 0.6) is 0 Å². The first-order chi connectivity index (χ1) is 16.2. The van der Waals surface area contributed by atoms with Gasteiger partial charge in [0.1, 0.15) is 5.56 Å². The van der Waals surface area contributed by atoms with Gasteiger partial charge in [0.15, 0.2) is 5.43 Å². The van der Waals surface area contributed by atoms with Crippen LogP contribution in [0.3, 0.4) is 0 Å². The summed E-state index contributed by atoms with van der Waals surface area (Å²) < 4.78 is 9.32. The molecule has 1 atom stereocenters. The third-order valence-corrected chi connectivity index (χ3v) is 7.31. The van der Waals surface area contributed by atoms with Gasteiger partial charge in [0.2, 0.25) is 0 Å². The van der Waals surface area contributed by atoms with E-state index in [-0.39, 0.29) is 29.1 Å². The van der Waals surface area contributed by atoms with E-state index in [0.29, 0.717) is 6.54 Å². The molecule has 1 aromatic carbocycles. The molecule has 0 amide bonds. The minimum atomic E-state index is -0.566. The number of likely N-dealkylation sites (tertiary alicyclic amines) is 1. The zero-order valence-corrected chi connectivity index (χ0v) is 20.8. The lowest BCUT2D eigenvalue weighted by Crippen LogP contribution is -2.43. The first kappa shape index (κ1) is 22.8. The number of carbonyl (C=O) groups is 1. The minimum Gasteiger partial charge on any atom is -0.462 e. The van der Waals surface area contributed by atoms with Crippen molar-refractivity contribution in [1.82, 2.24) is 19.2 Å². The van der Waals surface area contributed by atoms with Crippen LogP contribution in [0, 0.1) is 11.3 Å². The highest BCUT2D eigenvalue weighted by atomic mass is 16.5. The average molecular weight is 463 g/mol. The number of nitrogens with zero attached hydrogens (tertiary/aromatic N) is 4. The molecule has 0 saturated carbocycles. The number of hydrogen-bond donors (Lipinski definition) is 0. The number of benzene rings is 1. The van der Waals surface area contributed by atoms with Crippen LogP contribution in [0.4, 0.5) is 0 Å². The second kappa shape index (κ2) is 8.38. The van der Waals surface area contributed by atoms with Crippen molar-refractivity contribution in [1.29, 1.82) is 0 Å². The Kier molecular flexibility index (Phi) is 5.63. The summed E-state index contributed by atoms with van der Waals surface area (Å²) in [6, 6.07) is 8.00. The highest BCUT2D eigenvalue weighted by molar-refractivity contribution is 5.95. The third kappa shape index (κ3) is 3.86. The fourth-order valence-electron chi connectivity index (χ4n) is 5.49. The molecule has 0 spiro atoms. The lowest BCUT2D eigenvalue weighted by atomic mass is 9.84. The van der Waals surface area contributed by atoms with Crippen molar-refractivity contribution < 1.29 is 9.53 Å². The molecule has 3 aromatic rings. The van der Waals surface area contributed by atoms with Gasteiger partial charge in [-0.05, 0) is 43.7 Å². The summed E-state index contributed by atoms with van der Waals surface area (Å²) in [5, 5.41) is 6.13. The van der Waals surface area contributed by atoms with E-state index in [2.05, 4.69) is 60.2 Å². The van der Waals surface area contributed by atoms with Crippen molar-refractivity contribution in [2.24, 2.45) is 11.3 Å². The van der Waals surface area contributed by atoms with Gasteiger partial charge in [-0.2, -0.15) is 5.10 Å². The Bertz CT molecular complexity index is 1310. The third-order valence-electron chi connectivity index (χ3n) is 7.31. The van der Waals surface area contributed by atoms with Crippen LogP contribution in [0.2, 0.25) is 0 Å². The van der Waals surface area contributed by atoms with Gasteiger partial charge in [-0.15, -0.1) is 0 Å². The van der Waals surface area contributed by atoms with Gasteiger partial charge in [0, 0.05) is 30.7 Å². The fraction of sp³-hybridized carbons (Fsp3) is 0.519. The van der Waals surface area contributed by atoms with Gasteiger partial charge in [0.25, 0.3) is 0 Å². The van der Waals surface area contributed by atoms with Gasteiger partial charge >= 0.3 is 5.97 Å². The van der Waals surface area contributed by atoms with E-state index in [4.69, 9.17) is 9.84 Å². The minimum absolute atomic E-state index is 0.0343. The zero-order chi connectivity index (χ0) is 24.2. The Hall–Kier alpha value is -2.93. The standard InChI is InChI=1S/C27H34N4O3/c1-6-34-26(33)20-15-30-21(12-22(20)32)25-19-9-7-8-18(11-10-17-13-29(5)14-17)24(19)28-31(25)16-23(30)27(2,3)4/h7-9,12,15,17,23H,6,10-11,13-14,16H2,1-5H3. The summed E-state index contributed by atoms with van der Waals surface area (Å²) >= 11 is 0. The molecule has 7 nitrogen and oxygen atoms in total. The summed E-state index contributed by atoms with van der Waals surface area (Å²) in [5.41, 5.74) is 3.71. The molecule has 0 radical (unpaired) electrons. The molecule has 0 aliphatic carbocycles. The van der Waals surface area contributed by atoms with E-state index in [1.54, 1.807) is 19.2 Å². The first-order valence-corrected chi connectivity index (χ1v) is 12.3. The number of esters is 1. The number of rotatable bonds is 5. The van der Waals surface area contributed by atoms with Crippen LogP contribution in [0.25, 0.3) is 22.3 Å². The smallest absolute Gasteiger partial charge is 0.343 e. The summed E-state index contributed by atoms with van der Waals surface area (Å²) in [4.78, 5) is 27.8. The normalized spacial score (nSPS) is 18.4. The number of fused-ring (bicyclic) bond motifs is 5. The van der Waals surface area contributed by atoms with Crippen LogP contribution in [-0.4, -0.2) is 52.0 Å². The molecule has 34 heavy (non-hydrogen) atoms. The maximum Gasteiger partial charge on any atom is 0.343 e. The van der Waals surface area contributed by atoms with Crippen molar-refractivity contribution in [3.05, 3.63) is 51.8 Å². The molecule has 1 saturated heterocycles. The van der Waals surface area contributed by atoms with E-state index in [1.807, 2.05) is 0 Å². The molecular weight excluding hydrogens is 428 g/mol. The van der Waals surface area contributed by atoms with Crippen molar-refractivity contribution in [2.45, 2.75) is 53.1 Å². The van der Waals surface area contributed by atoms with Gasteiger partial charge in [0.05, 0.1) is 36.1 Å². The van der Waals surface area contributed by atoms with Crippen molar-refractivity contribution in [2.75, 3.05) is 26.7 Å². The zero-order valence-electron chi connectivity index (χ0n) is 20.8. The first-order valence-electron chi connectivity index (χ1n) is 12.3. The number of pyridine rings is 1. The quantitative estimate of drug-likeness (QED) is 0.533. The Labute approximate surface area is 200 Å². The molecule has 2 aliphatic rings. The van der Waals surface area contributed by atoms with E-state index < -0.39 is 5.97 Å². The number of hydrogen-bond acceptors (Lipinski definition) is 5. The predicted molar refractivity (Wildman–Crippen MR) is 133 cm³/mol. The SMILES string of the molecule is CCOC(=O)c1cn2c(cc1=O)-c1c3cccc(CCC4CN(C)C4)c3nn1CC2C(C)(C)C. The molecule has 7 heteroatoms. The molecule has 1 fully saturated rings. The van der Waals surface area contributed by atoms with E-state index in [9.17, 15) is 9.59 Å². The average Bonchev–Trinajstić information content (AvgIpc) is 3.14. The van der Waals surface area contributed by atoms with Crippen LogP contribution >= 0.6 is 0 Å². The number of carbonyl (C=O) groups excluding carboxylic acids is 1. The largest absolute Gasteiger partial charge is 0.462 e.